The van der Waals surface area contributed by atoms with Crippen LogP contribution in [0.4, 0.5) is 0 Å². The molecule has 0 heterocycles. The van der Waals surface area contributed by atoms with Gasteiger partial charge in [0.05, 0.1) is 6.10 Å². The highest BCUT2D eigenvalue weighted by atomic mass is 16.3. The zero-order valence-electron chi connectivity index (χ0n) is 8.86. The summed E-state index contributed by atoms with van der Waals surface area (Å²) in [5.74, 6) is 1.08. The molecule has 4 atom stereocenters. The fraction of sp³-hybridized carbons (Fsp3) is 0.750. The van der Waals surface area contributed by atoms with Crippen molar-refractivity contribution in [3.05, 3.63) is 12.2 Å². The molecular formula is C12H18O2. The summed E-state index contributed by atoms with van der Waals surface area (Å²) in [5.41, 5.74) is -0.161. The van der Waals surface area contributed by atoms with Crippen molar-refractivity contribution in [3.63, 3.8) is 0 Å². The maximum atomic E-state index is 11.4. The van der Waals surface area contributed by atoms with Crippen molar-refractivity contribution in [2.75, 3.05) is 0 Å². The predicted octanol–water partition coefficient (Wildman–Crippen LogP) is 1.93. The van der Waals surface area contributed by atoms with Crippen LogP contribution in [0.5, 0.6) is 0 Å². The summed E-state index contributed by atoms with van der Waals surface area (Å²) in [6.07, 6.45) is 5.92. The van der Waals surface area contributed by atoms with Crippen LogP contribution in [0.2, 0.25) is 0 Å². The van der Waals surface area contributed by atoms with Gasteiger partial charge in [0.25, 0.3) is 0 Å². The average Bonchev–Trinajstić information content (AvgIpc) is 2.35. The molecule has 0 spiro atoms. The molecule has 2 aliphatic rings. The Balaban J connectivity index is 2.35. The first kappa shape index (κ1) is 9.91. The molecule has 0 aromatic heterocycles. The number of allylic oxidation sites excluding steroid dienone is 1. The number of carbonyl (C=O) groups is 1. The van der Waals surface area contributed by atoms with Gasteiger partial charge in [-0.3, -0.25) is 4.79 Å². The molecule has 1 saturated carbocycles. The van der Waals surface area contributed by atoms with Crippen molar-refractivity contribution in [1.29, 1.82) is 0 Å². The molecule has 0 saturated heterocycles. The Morgan fingerprint density at radius 3 is 2.93 bits per heavy atom. The molecule has 4 unspecified atom stereocenters. The minimum Gasteiger partial charge on any atom is -0.392 e. The molecule has 0 amide bonds. The SMILES string of the molecule is CC1CC(=O)C=CC2(C)C(O)CCC12. The zero-order chi connectivity index (χ0) is 10.3. The fourth-order valence-corrected chi connectivity index (χ4v) is 3.14. The highest BCUT2D eigenvalue weighted by molar-refractivity contribution is 5.90. The minimum absolute atomic E-state index is 0.161. The number of carbonyl (C=O) groups excluding carboxylic acids is 1. The largest absolute Gasteiger partial charge is 0.392 e. The van der Waals surface area contributed by atoms with Crippen LogP contribution in [-0.4, -0.2) is 17.0 Å². The molecular weight excluding hydrogens is 176 g/mol. The van der Waals surface area contributed by atoms with Crippen LogP contribution in [0, 0.1) is 17.3 Å². The van der Waals surface area contributed by atoms with Crippen molar-refractivity contribution in [2.45, 2.75) is 39.2 Å². The minimum atomic E-state index is -0.267. The standard InChI is InChI=1S/C12H18O2/c1-8-7-9(13)5-6-12(2)10(8)3-4-11(12)14/h5-6,8,10-11,14H,3-4,7H2,1-2H3. The molecule has 0 bridgehead atoms. The number of hydrogen-bond donors (Lipinski definition) is 1. The Morgan fingerprint density at radius 1 is 1.50 bits per heavy atom. The van der Waals surface area contributed by atoms with Gasteiger partial charge >= 0.3 is 0 Å². The van der Waals surface area contributed by atoms with Crippen LogP contribution < -0.4 is 0 Å². The van der Waals surface area contributed by atoms with E-state index in [1.54, 1.807) is 6.08 Å². The monoisotopic (exact) mass is 194 g/mol. The van der Waals surface area contributed by atoms with Crippen LogP contribution in [-0.2, 0) is 4.79 Å². The summed E-state index contributed by atoms with van der Waals surface area (Å²) >= 11 is 0. The van der Waals surface area contributed by atoms with E-state index in [4.69, 9.17) is 0 Å². The van der Waals surface area contributed by atoms with E-state index < -0.39 is 0 Å². The van der Waals surface area contributed by atoms with Gasteiger partial charge in [-0.15, -0.1) is 0 Å². The van der Waals surface area contributed by atoms with Crippen LogP contribution in [0.25, 0.3) is 0 Å². The first-order chi connectivity index (χ1) is 6.54. The Labute approximate surface area is 85.0 Å². The number of fused-ring (bicyclic) bond motifs is 1. The first-order valence-electron chi connectivity index (χ1n) is 5.44. The summed E-state index contributed by atoms with van der Waals surface area (Å²) < 4.78 is 0. The van der Waals surface area contributed by atoms with E-state index in [1.807, 2.05) is 6.08 Å². The summed E-state index contributed by atoms with van der Waals surface area (Å²) in [4.78, 5) is 11.4. The van der Waals surface area contributed by atoms with Gasteiger partial charge in [0.1, 0.15) is 0 Å². The third-order valence-corrected chi connectivity index (χ3v) is 4.11. The van der Waals surface area contributed by atoms with E-state index in [9.17, 15) is 9.90 Å². The third-order valence-electron chi connectivity index (χ3n) is 4.11. The Kier molecular flexibility index (Phi) is 2.26. The quantitative estimate of drug-likeness (QED) is 0.639. The number of aliphatic hydroxyl groups excluding tert-OH is 1. The molecule has 2 heteroatoms. The second-order valence-electron chi connectivity index (χ2n) is 5.05. The van der Waals surface area contributed by atoms with Crippen LogP contribution in [0.15, 0.2) is 12.2 Å². The molecule has 14 heavy (non-hydrogen) atoms. The molecule has 78 valence electrons. The highest BCUT2D eigenvalue weighted by Gasteiger charge is 2.47. The van der Waals surface area contributed by atoms with E-state index in [-0.39, 0.29) is 17.3 Å². The number of ketones is 1. The van der Waals surface area contributed by atoms with Gasteiger partial charge in [-0.25, -0.2) is 0 Å². The molecule has 2 nitrogen and oxygen atoms in total. The molecule has 0 aromatic rings. The van der Waals surface area contributed by atoms with Crippen LogP contribution >= 0.6 is 0 Å². The van der Waals surface area contributed by atoms with Gasteiger partial charge in [0.15, 0.2) is 5.78 Å². The number of rotatable bonds is 0. The van der Waals surface area contributed by atoms with Crippen molar-refractivity contribution in [1.82, 2.24) is 0 Å². The van der Waals surface area contributed by atoms with Gasteiger partial charge in [0.2, 0.25) is 0 Å². The van der Waals surface area contributed by atoms with Crippen LogP contribution in [0.1, 0.15) is 33.1 Å². The smallest absolute Gasteiger partial charge is 0.155 e. The summed E-state index contributed by atoms with van der Waals surface area (Å²) in [6.45, 7) is 4.22. The lowest BCUT2D eigenvalue weighted by molar-refractivity contribution is -0.115. The van der Waals surface area contributed by atoms with Gasteiger partial charge < -0.3 is 5.11 Å². The Bertz CT molecular complexity index is 282. The molecule has 0 aliphatic heterocycles. The van der Waals surface area contributed by atoms with Crippen molar-refractivity contribution in [2.24, 2.45) is 17.3 Å². The molecule has 1 fully saturated rings. The summed E-state index contributed by atoms with van der Waals surface area (Å²) in [6, 6.07) is 0. The van der Waals surface area contributed by atoms with E-state index in [1.165, 1.54) is 0 Å². The molecule has 0 aromatic carbocycles. The maximum Gasteiger partial charge on any atom is 0.155 e. The lowest BCUT2D eigenvalue weighted by atomic mass is 9.73. The average molecular weight is 194 g/mol. The zero-order valence-corrected chi connectivity index (χ0v) is 8.86. The Hall–Kier alpha value is -0.630. The van der Waals surface area contributed by atoms with Gasteiger partial charge in [-0.05, 0) is 30.8 Å². The number of hydrogen-bond acceptors (Lipinski definition) is 2. The Morgan fingerprint density at radius 2 is 2.21 bits per heavy atom. The molecule has 1 N–H and O–H groups in total. The first-order valence-corrected chi connectivity index (χ1v) is 5.44. The van der Waals surface area contributed by atoms with Crippen molar-refractivity contribution >= 4 is 5.78 Å². The van der Waals surface area contributed by atoms with E-state index in [2.05, 4.69) is 13.8 Å². The summed E-state index contributed by atoms with van der Waals surface area (Å²) in [5, 5.41) is 9.95. The topological polar surface area (TPSA) is 37.3 Å². The van der Waals surface area contributed by atoms with Gasteiger partial charge in [-0.1, -0.05) is 19.9 Å². The molecule has 2 rings (SSSR count). The predicted molar refractivity (Wildman–Crippen MR) is 54.8 cm³/mol. The third kappa shape index (κ3) is 1.33. The maximum absolute atomic E-state index is 11.4. The second kappa shape index (κ2) is 3.20. The van der Waals surface area contributed by atoms with Crippen LogP contribution in [0.3, 0.4) is 0 Å². The summed E-state index contributed by atoms with van der Waals surface area (Å²) in [7, 11) is 0. The highest BCUT2D eigenvalue weighted by Crippen LogP contribution is 2.50. The van der Waals surface area contributed by atoms with E-state index in [0.29, 0.717) is 18.3 Å². The lowest BCUT2D eigenvalue weighted by Crippen LogP contribution is -2.32. The van der Waals surface area contributed by atoms with Crippen molar-refractivity contribution < 1.29 is 9.90 Å². The van der Waals surface area contributed by atoms with Crippen molar-refractivity contribution in [3.8, 4) is 0 Å². The van der Waals surface area contributed by atoms with E-state index >= 15 is 0 Å². The molecule has 0 radical (unpaired) electrons. The normalized spacial score (nSPS) is 47.6. The van der Waals surface area contributed by atoms with Gasteiger partial charge in [0, 0.05) is 11.8 Å². The fourth-order valence-electron chi connectivity index (χ4n) is 3.14. The van der Waals surface area contributed by atoms with E-state index in [0.717, 1.165) is 12.8 Å². The number of aliphatic hydroxyl groups is 1. The lowest BCUT2D eigenvalue weighted by Gasteiger charge is -2.33. The van der Waals surface area contributed by atoms with Gasteiger partial charge in [-0.2, -0.15) is 0 Å². The second-order valence-corrected chi connectivity index (χ2v) is 5.05. The molecule has 2 aliphatic carbocycles.